The predicted octanol–water partition coefficient (Wildman–Crippen LogP) is 4.72. The Bertz CT molecular complexity index is 1490. The molecule has 194 valence electrons. The SMILES string of the molecule is O=C(Nc1cnc(Nc2ccc(Oc3ccc(F)cn3)cc2)n(Cc2ccc(Cl)cc2)c1=O)C1CC(O)C1. The number of hydrogen-bond acceptors (Lipinski definition) is 7. The molecular weight excluding hydrogens is 513 g/mol. The number of rotatable bonds is 8. The summed E-state index contributed by atoms with van der Waals surface area (Å²) in [7, 11) is 0. The third kappa shape index (κ3) is 5.99. The summed E-state index contributed by atoms with van der Waals surface area (Å²) in [5.74, 6) is -0.116. The number of amides is 1. The molecular formula is C27H23ClFN5O4. The highest BCUT2D eigenvalue weighted by Gasteiger charge is 2.33. The number of carbonyl (C=O) groups is 1. The molecule has 1 aliphatic carbocycles. The maximum absolute atomic E-state index is 13.4. The summed E-state index contributed by atoms with van der Waals surface area (Å²) in [5.41, 5.74) is 1.04. The first kappa shape index (κ1) is 25.4. The number of hydrogen-bond donors (Lipinski definition) is 3. The standard InChI is InChI=1S/C27H23ClFN5O4/c28-18-3-1-16(2-4-18)15-34-26(37)23(33-25(36)17-11-21(35)12-17)14-31-27(34)32-20-6-8-22(9-7-20)38-24-10-5-19(29)13-30-24/h1-10,13-14,17,21,35H,11-12,15H2,(H,31,32)(H,33,36). The highest BCUT2D eigenvalue weighted by atomic mass is 35.5. The summed E-state index contributed by atoms with van der Waals surface area (Å²) in [4.78, 5) is 34.2. The maximum atomic E-state index is 13.4. The maximum Gasteiger partial charge on any atom is 0.279 e. The van der Waals surface area contributed by atoms with Crippen LogP contribution in [0, 0.1) is 11.7 Å². The first-order chi connectivity index (χ1) is 18.3. The van der Waals surface area contributed by atoms with Gasteiger partial charge in [-0.2, -0.15) is 0 Å². The largest absolute Gasteiger partial charge is 0.439 e. The van der Waals surface area contributed by atoms with Crippen LogP contribution in [0.2, 0.25) is 5.02 Å². The molecule has 0 aliphatic heterocycles. The molecule has 0 bridgehead atoms. The second-order valence-electron chi connectivity index (χ2n) is 8.89. The lowest BCUT2D eigenvalue weighted by atomic mass is 9.82. The van der Waals surface area contributed by atoms with Crippen molar-refractivity contribution in [3.05, 3.63) is 99.8 Å². The fraction of sp³-hybridized carbons (Fsp3) is 0.185. The molecule has 0 radical (unpaired) electrons. The smallest absolute Gasteiger partial charge is 0.279 e. The minimum atomic E-state index is -0.485. The van der Waals surface area contributed by atoms with Crippen LogP contribution in [0.15, 0.2) is 77.9 Å². The Morgan fingerprint density at radius 3 is 2.45 bits per heavy atom. The van der Waals surface area contributed by atoms with Crippen molar-refractivity contribution in [2.45, 2.75) is 25.5 Å². The lowest BCUT2D eigenvalue weighted by molar-refractivity contribution is -0.126. The van der Waals surface area contributed by atoms with Gasteiger partial charge in [-0.05, 0) is 60.9 Å². The number of aliphatic hydroxyl groups is 1. The summed E-state index contributed by atoms with van der Waals surface area (Å²) >= 11 is 6.01. The van der Waals surface area contributed by atoms with Crippen molar-refractivity contribution < 1.29 is 19.0 Å². The van der Waals surface area contributed by atoms with E-state index in [2.05, 4.69) is 20.6 Å². The quantitative estimate of drug-likeness (QED) is 0.298. The van der Waals surface area contributed by atoms with Gasteiger partial charge in [0.25, 0.3) is 5.56 Å². The molecule has 4 aromatic rings. The second-order valence-corrected chi connectivity index (χ2v) is 9.33. The van der Waals surface area contributed by atoms with E-state index in [1.165, 1.54) is 22.9 Å². The Kier molecular flexibility index (Phi) is 7.34. The van der Waals surface area contributed by atoms with E-state index >= 15 is 0 Å². The van der Waals surface area contributed by atoms with E-state index in [-0.39, 0.29) is 35.9 Å². The van der Waals surface area contributed by atoms with Gasteiger partial charge in [0.2, 0.25) is 17.7 Å². The number of nitrogens with zero attached hydrogens (tertiary/aromatic N) is 3. The topological polar surface area (TPSA) is 118 Å². The number of carbonyl (C=O) groups excluding carboxylic acids is 1. The number of ether oxygens (including phenoxy) is 1. The lowest BCUT2D eigenvalue weighted by Gasteiger charge is -2.29. The van der Waals surface area contributed by atoms with Gasteiger partial charge in [0.1, 0.15) is 17.3 Å². The van der Waals surface area contributed by atoms with Crippen molar-refractivity contribution in [1.29, 1.82) is 0 Å². The highest BCUT2D eigenvalue weighted by molar-refractivity contribution is 6.30. The van der Waals surface area contributed by atoms with Crippen LogP contribution in [-0.2, 0) is 11.3 Å². The predicted molar refractivity (Wildman–Crippen MR) is 140 cm³/mol. The van der Waals surface area contributed by atoms with Crippen molar-refractivity contribution in [3.63, 3.8) is 0 Å². The minimum absolute atomic E-state index is 0.0476. The van der Waals surface area contributed by atoms with E-state index in [1.54, 1.807) is 48.5 Å². The number of pyridine rings is 1. The van der Waals surface area contributed by atoms with E-state index < -0.39 is 17.5 Å². The number of benzene rings is 2. The average Bonchev–Trinajstić information content (AvgIpc) is 2.89. The Morgan fingerprint density at radius 1 is 1.05 bits per heavy atom. The fourth-order valence-electron chi connectivity index (χ4n) is 3.91. The molecule has 2 aromatic heterocycles. The lowest BCUT2D eigenvalue weighted by Crippen LogP contribution is -2.39. The summed E-state index contributed by atoms with van der Waals surface area (Å²) in [6, 6.07) is 16.6. The number of aliphatic hydroxyl groups excluding tert-OH is 1. The fourth-order valence-corrected chi connectivity index (χ4v) is 4.04. The molecule has 2 aromatic carbocycles. The first-order valence-corrected chi connectivity index (χ1v) is 12.2. The highest BCUT2D eigenvalue weighted by Crippen LogP contribution is 2.28. The normalized spacial score (nSPS) is 16.4. The molecule has 1 amide bonds. The summed E-state index contributed by atoms with van der Waals surface area (Å²) < 4.78 is 20.1. The van der Waals surface area contributed by atoms with Gasteiger partial charge in [-0.15, -0.1) is 0 Å². The molecule has 3 N–H and O–H groups in total. The molecule has 1 aliphatic rings. The van der Waals surface area contributed by atoms with E-state index in [0.717, 1.165) is 11.8 Å². The van der Waals surface area contributed by atoms with Crippen LogP contribution in [0.3, 0.4) is 0 Å². The molecule has 5 rings (SSSR count). The van der Waals surface area contributed by atoms with Gasteiger partial charge in [-0.3, -0.25) is 14.2 Å². The van der Waals surface area contributed by atoms with Crippen LogP contribution < -0.4 is 20.9 Å². The van der Waals surface area contributed by atoms with E-state index in [1.807, 2.05) is 0 Å². The summed E-state index contributed by atoms with van der Waals surface area (Å²) in [6.07, 6.45) is 2.64. The van der Waals surface area contributed by atoms with Crippen LogP contribution in [0.4, 0.5) is 21.7 Å². The zero-order valence-corrected chi connectivity index (χ0v) is 20.7. The van der Waals surface area contributed by atoms with Crippen molar-refractivity contribution in [2.75, 3.05) is 10.6 Å². The monoisotopic (exact) mass is 535 g/mol. The van der Waals surface area contributed by atoms with Crippen LogP contribution in [-0.4, -0.2) is 31.7 Å². The molecule has 11 heteroatoms. The molecule has 1 saturated carbocycles. The first-order valence-electron chi connectivity index (χ1n) is 11.8. The third-order valence-electron chi connectivity index (χ3n) is 6.08. The van der Waals surface area contributed by atoms with Crippen molar-refractivity contribution in [3.8, 4) is 11.6 Å². The summed E-state index contributed by atoms with van der Waals surface area (Å²) in [5, 5.41) is 15.8. The zero-order chi connectivity index (χ0) is 26.6. The van der Waals surface area contributed by atoms with Gasteiger partial charge in [-0.25, -0.2) is 14.4 Å². The Morgan fingerprint density at radius 2 is 1.79 bits per heavy atom. The van der Waals surface area contributed by atoms with Gasteiger partial charge < -0.3 is 20.5 Å². The summed E-state index contributed by atoms with van der Waals surface area (Å²) in [6.45, 7) is 0.175. The molecule has 0 spiro atoms. The van der Waals surface area contributed by atoms with Gasteiger partial charge in [0, 0.05) is 22.7 Å². The van der Waals surface area contributed by atoms with Crippen molar-refractivity contribution in [2.24, 2.45) is 5.92 Å². The molecule has 1 fully saturated rings. The van der Waals surface area contributed by atoms with Gasteiger partial charge >= 0.3 is 0 Å². The van der Waals surface area contributed by atoms with Gasteiger partial charge in [-0.1, -0.05) is 23.7 Å². The third-order valence-corrected chi connectivity index (χ3v) is 6.33. The van der Waals surface area contributed by atoms with Crippen molar-refractivity contribution in [1.82, 2.24) is 14.5 Å². The van der Waals surface area contributed by atoms with Crippen LogP contribution >= 0.6 is 11.6 Å². The van der Waals surface area contributed by atoms with Crippen LogP contribution in [0.25, 0.3) is 0 Å². The van der Waals surface area contributed by atoms with Crippen LogP contribution in [0.1, 0.15) is 18.4 Å². The molecule has 9 nitrogen and oxygen atoms in total. The van der Waals surface area contributed by atoms with E-state index in [4.69, 9.17) is 16.3 Å². The Labute approximate surface area is 221 Å². The minimum Gasteiger partial charge on any atom is -0.439 e. The molecule has 0 saturated heterocycles. The zero-order valence-electron chi connectivity index (χ0n) is 20.0. The van der Waals surface area contributed by atoms with E-state index in [0.29, 0.717) is 29.3 Å². The Hall–Kier alpha value is -4.28. The Balaban J connectivity index is 1.38. The number of nitrogens with one attached hydrogen (secondary N) is 2. The van der Waals surface area contributed by atoms with Gasteiger partial charge in [0.15, 0.2) is 0 Å². The molecule has 0 atom stereocenters. The molecule has 38 heavy (non-hydrogen) atoms. The molecule has 0 unspecified atom stereocenters. The number of halogens is 2. The van der Waals surface area contributed by atoms with Gasteiger partial charge in [0.05, 0.1) is 25.0 Å². The average molecular weight is 536 g/mol. The van der Waals surface area contributed by atoms with Crippen LogP contribution in [0.5, 0.6) is 11.6 Å². The number of anilines is 3. The molecule has 2 heterocycles. The number of aromatic nitrogens is 3. The van der Waals surface area contributed by atoms with E-state index in [9.17, 15) is 19.1 Å². The second kappa shape index (κ2) is 11.0. The van der Waals surface area contributed by atoms with Crippen molar-refractivity contribution >= 4 is 34.8 Å².